The van der Waals surface area contributed by atoms with Gasteiger partial charge in [0.25, 0.3) is 0 Å². The Balaban J connectivity index is 2.13. The van der Waals surface area contributed by atoms with Crippen LogP contribution in [0.4, 0.5) is 0 Å². The molecule has 1 heterocycles. The van der Waals surface area contributed by atoms with Crippen LogP contribution in [0.25, 0.3) is 0 Å². The van der Waals surface area contributed by atoms with Gasteiger partial charge in [-0.25, -0.2) is 0 Å². The van der Waals surface area contributed by atoms with Crippen LogP contribution in [0.15, 0.2) is 23.0 Å². The molecule has 0 aromatic carbocycles. The number of hydrogen-bond donors (Lipinski definition) is 1. The third kappa shape index (κ3) is 3.97. The summed E-state index contributed by atoms with van der Waals surface area (Å²) in [5.74, 6) is 1.33. The summed E-state index contributed by atoms with van der Waals surface area (Å²) >= 11 is 0. The van der Waals surface area contributed by atoms with E-state index in [9.17, 15) is 0 Å². The minimum absolute atomic E-state index is 0.591. The molecule has 0 radical (unpaired) electrons. The Morgan fingerprint density at radius 1 is 1.36 bits per heavy atom. The van der Waals surface area contributed by atoms with Gasteiger partial charge in [0.2, 0.25) is 0 Å². The minimum atomic E-state index is 0.591. The lowest BCUT2D eigenvalue weighted by Crippen LogP contribution is -2.21. The summed E-state index contributed by atoms with van der Waals surface area (Å²) in [6.45, 7) is 8.89. The van der Waals surface area contributed by atoms with Gasteiger partial charge in [-0.05, 0) is 43.0 Å². The Morgan fingerprint density at radius 3 is 2.71 bits per heavy atom. The zero-order valence-electron chi connectivity index (χ0n) is 9.42. The molecule has 1 aromatic rings. The Morgan fingerprint density at radius 2 is 2.14 bits per heavy atom. The van der Waals surface area contributed by atoms with E-state index in [1.165, 1.54) is 12.0 Å². The van der Waals surface area contributed by atoms with Crippen molar-refractivity contribution in [3.8, 4) is 0 Å². The van der Waals surface area contributed by atoms with E-state index in [1.807, 2.05) is 12.3 Å². The highest BCUT2D eigenvalue weighted by Gasteiger charge is 2.05. The summed E-state index contributed by atoms with van der Waals surface area (Å²) in [5.41, 5.74) is 1.30. The highest BCUT2D eigenvalue weighted by atomic mass is 16.3. The van der Waals surface area contributed by atoms with Crippen LogP contribution in [-0.4, -0.2) is 13.1 Å². The van der Waals surface area contributed by atoms with E-state index in [2.05, 4.69) is 26.1 Å². The van der Waals surface area contributed by atoms with Crippen molar-refractivity contribution in [2.75, 3.05) is 13.1 Å². The van der Waals surface area contributed by atoms with Gasteiger partial charge in [-0.2, -0.15) is 0 Å². The summed E-state index contributed by atoms with van der Waals surface area (Å²) in [6.07, 6.45) is 4.76. The first-order valence-corrected chi connectivity index (χ1v) is 5.43. The van der Waals surface area contributed by atoms with Crippen LogP contribution in [0, 0.1) is 5.92 Å². The quantitative estimate of drug-likeness (QED) is 0.706. The fourth-order valence-corrected chi connectivity index (χ4v) is 1.43. The smallest absolute Gasteiger partial charge is 0.0937 e. The van der Waals surface area contributed by atoms with Crippen LogP contribution < -0.4 is 5.32 Å². The fraction of sp³-hybridized carbons (Fsp3) is 0.667. The second-order valence-electron chi connectivity index (χ2n) is 4.34. The van der Waals surface area contributed by atoms with E-state index >= 15 is 0 Å². The van der Waals surface area contributed by atoms with Crippen LogP contribution in [-0.2, 0) is 0 Å². The van der Waals surface area contributed by atoms with Crippen LogP contribution in [0.1, 0.15) is 38.7 Å². The predicted molar refractivity (Wildman–Crippen MR) is 59.4 cm³/mol. The highest BCUT2D eigenvalue weighted by Crippen LogP contribution is 2.18. The van der Waals surface area contributed by atoms with E-state index in [1.54, 1.807) is 6.26 Å². The molecule has 1 N–H and O–H groups in total. The summed E-state index contributed by atoms with van der Waals surface area (Å²) in [5, 5.41) is 3.45. The predicted octanol–water partition coefficient (Wildman–Crippen LogP) is 3.02. The molecule has 0 aliphatic heterocycles. The molecule has 14 heavy (non-hydrogen) atoms. The molecule has 0 fully saturated rings. The van der Waals surface area contributed by atoms with Crippen LogP contribution >= 0.6 is 0 Å². The van der Waals surface area contributed by atoms with Crippen LogP contribution in [0.2, 0.25) is 0 Å². The first-order valence-electron chi connectivity index (χ1n) is 5.43. The van der Waals surface area contributed by atoms with Gasteiger partial charge < -0.3 is 9.73 Å². The number of furan rings is 1. The normalized spacial score (nSPS) is 13.4. The molecule has 2 nitrogen and oxygen atoms in total. The van der Waals surface area contributed by atoms with Crippen molar-refractivity contribution in [2.45, 2.75) is 33.1 Å². The standard InChI is InChI=1S/C12H21NO/c1-10(2)8-13-6-4-11(3)12-5-7-14-9-12/h5,7,9-11,13H,4,6,8H2,1-3H3. The molecule has 0 saturated heterocycles. The first kappa shape index (κ1) is 11.3. The summed E-state index contributed by atoms with van der Waals surface area (Å²) in [6, 6.07) is 2.05. The molecule has 1 aromatic heterocycles. The zero-order chi connectivity index (χ0) is 10.4. The topological polar surface area (TPSA) is 25.2 Å². The van der Waals surface area contributed by atoms with Crippen LogP contribution in [0.3, 0.4) is 0 Å². The molecule has 80 valence electrons. The Kier molecular flexibility index (Phi) is 4.74. The second kappa shape index (κ2) is 5.86. The second-order valence-corrected chi connectivity index (χ2v) is 4.34. The average Bonchev–Trinajstić information content (AvgIpc) is 2.64. The van der Waals surface area contributed by atoms with Gasteiger partial charge in [0.05, 0.1) is 12.5 Å². The lowest BCUT2D eigenvalue weighted by atomic mass is 10.0. The maximum atomic E-state index is 5.06. The summed E-state index contributed by atoms with van der Waals surface area (Å²) in [4.78, 5) is 0. The largest absolute Gasteiger partial charge is 0.472 e. The van der Waals surface area contributed by atoms with Crippen molar-refractivity contribution >= 4 is 0 Å². The minimum Gasteiger partial charge on any atom is -0.472 e. The Bertz CT molecular complexity index is 228. The molecule has 0 spiro atoms. The number of rotatable bonds is 6. The molecule has 1 rings (SSSR count). The van der Waals surface area contributed by atoms with Crippen molar-refractivity contribution in [3.05, 3.63) is 24.2 Å². The molecule has 1 unspecified atom stereocenters. The molecular formula is C12H21NO. The van der Waals surface area contributed by atoms with Gasteiger partial charge in [-0.15, -0.1) is 0 Å². The van der Waals surface area contributed by atoms with E-state index in [0.717, 1.165) is 19.0 Å². The maximum Gasteiger partial charge on any atom is 0.0937 e. The molecule has 0 aliphatic rings. The van der Waals surface area contributed by atoms with Gasteiger partial charge in [-0.3, -0.25) is 0 Å². The molecule has 0 amide bonds. The van der Waals surface area contributed by atoms with Gasteiger partial charge in [0.15, 0.2) is 0 Å². The third-order valence-corrected chi connectivity index (χ3v) is 2.42. The van der Waals surface area contributed by atoms with Gasteiger partial charge in [-0.1, -0.05) is 20.8 Å². The van der Waals surface area contributed by atoms with Crippen LogP contribution in [0.5, 0.6) is 0 Å². The molecule has 0 saturated carbocycles. The van der Waals surface area contributed by atoms with Gasteiger partial charge >= 0.3 is 0 Å². The lowest BCUT2D eigenvalue weighted by Gasteiger charge is -2.11. The Labute approximate surface area is 86.7 Å². The summed E-state index contributed by atoms with van der Waals surface area (Å²) in [7, 11) is 0. The monoisotopic (exact) mass is 195 g/mol. The molecule has 2 heteroatoms. The van der Waals surface area contributed by atoms with Crippen molar-refractivity contribution in [2.24, 2.45) is 5.92 Å². The van der Waals surface area contributed by atoms with Gasteiger partial charge in [0, 0.05) is 0 Å². The molecular weight excluding hydrogens is 174 g/mol. The third-order valence-electron chi connectivity index (χ3n) is 2.42. The molecule has 0 bridgehead atoms. The van der Waals surface area contributed by atoms with E-state index < -0.39 is 0 Å². The first-order chi connectivity index (χ1) is 6.70. The lowest BCUT2D eigenvalue weighted by molar-refractivity contribution is 0.519. The summed E-state index contributed by atoms with van der Waals surface area (Å²) < 4.78 is 5.06. The maximum absolute atomic E-state index is 5.06. The number of hydrogen-bond acceptors (Lipinski definition) is 2. The van der Waals surface area contributed by atoms with E-state index in [4.69, 9.17) is 4.42 Å². The highest BCUT2D eigenvalue weighted by molar-refractivity contribution is 5.10. The molecule has 1 atom stereocenters. The van der Waals surface area contributed by atoms with Gasteiger partial charge in [0.1, 0.15) is 0 Å². The Hall–Kier alpha value is -0.760. The van der Waals surface area contributed by atoms with E-state index in [0.29, 0.717) is 5.92 Å². The van der Waals surface area contributed by atoms with E-state index in [-0.39, 0.29) is 0 Å². The number of nitrogens with one attached hydrogen (secondary N) is 1. The SMILES string of the molecule is CC(C)CNCCC(C)c1ccoc1. The van der Waals surface area contributed by atoms with Crippen molar-refractivity contribution < 1.29 is 4.42 Å². The zero-order valence-corrected chi connectivity index (χ0v) is 9.42. The van der Waals surface area contributed by atoms with Crippen molar-refractivity contribution in [1.29, 1.82) is 0 Å². The van der Waals surface area contributed by atoms with Crippen molar-refractivity contribution in [3.63, 3.8) is 0 Å². The van der Waals surface area contributed by atoms with Crippen molar-refractivity contribution in [1.82, 2.24) is 5.32 Å². The molecule has 0 aliphatic carbocycles. The fourth-order valence-electron chi connectivity index (χ4n) is 1.43. The average molecular weight is 195 g/mol.